The second kappa shape index (κ2) is 3.53. The van der Waals surface area contributed by atoms with Crippen LogP contribution < -0.4 is 5.09 Å². The van der Waals surface area contributed by atoms with Crippen LogP contribution in [0.1, 0.15) is 32.6 Å². The predicted octanol–water partition coefficient (Wildman–Crippen LogP) is 1.94. The Hall–Kier alpha value is 0.390. The maximum Gasteiger partial charge on any atom is 0.0124 e. The summed E-state index contributed by atoms with van der Waals surface area (Å²) in [5.74, 6) is 0.885. The van der Waals surface area contributed by atoms with Crippen molar-refractivity contribution in [2.75, 3.05) is 0 Å². The zero-order valence-electron chi connectivity index (χ0n) is 6.06. The van der Waals surface area contributed by atoms with E-state index < -0.39 is 0 Å². The zero-order chi connectivity index (χ0) is 6.69. The predicted molar refractivity (Wildman–Crippen MR) is 44.3 cm³/mol. The van der Waals surface area contributed by atoms with Crippen LogP contribution in [-0.2, 0) is 0 Å². The van der Waals surface area contributed by atoms with E-state index in [1.54, 1.807) is 0 Å². The Morgan fingerprint density at radius 1 is 1.33 bits per heavy atom. The van der Waals surface area contributed by atoms with Crippen molar-refractivity contribution in [3.05, 3.63) is 0 Å². The number of hydrogen-bond acceptors (Lipinski definition) is 1. The maximum absolute atomic E-state index is 3.27. The summed E-state index contributed by atoms with van der Waals surface area (Å²) in [7, 11) is 2.62. The van der Waals surface area contributed by atoms with Gasteiger partial charge in [0.1, 0.15) is 0 Å². The number of nitrogens with one attached hydrogen (secondary N) is 1. The quantitative estimate of drug-likeness (QED) is 0.556. The largest absolute Gasteiger partial charge is 0.297 e. The highest BCUT2D eigenvalue weighted by atomic mass is 31.0. The van der Waals surface area contributed by atoms with E-state index in [1.807, 2.05) is 0 Å². The van der Waals surface area contributed by atoms with E-state index in [0.717, 1.165) is 12.0 Å². The molecule has 1 nitrogen and oxygen atoms in total. The molecule has 1 rings (SSSR count). The first-order valence-corrected chi connectivity index (χ1v) is 4.38. The molecular formula is C7H16NP. The second-order valence-corrected chi connectivity index (χ2v) is 3.37. The summed E-state index contributed by atoms with van der Waals surface area (Å²) in [4.78, 5) is 0. The van der Waals surface area contributed by atoms with Gasteiger partial charge in [0.25, 0.3) is 0 Å². The molecule has 0 radical (unpaired) electrons. The van der Waals surface area contributed by atoms with E-state index in [1.165, 1.54) is 25.7 Å². The minimum Gasteiger partial charge on any atom is -0.297 e. The lowest BCUT2D eigenvalue weighted by molar-refractivity contribution is 0.316. The molecule has 0 aromatic heterocycles. The first-order chi connectivity index (χ1) is 4.34. The molecule has 0 saturated heterocycles. The minimum atomic E-state index is 0.767. The van der Waals surface area contributed by atoms with Gasteiger partial charge < -0.3 is 0 Å². The molecule has 2 heteroatoms. The van der Waals surface area contributed by atoms with Gasteiger partial charge in [0.05, 0.1) is 0 Å². The molecule has 0 aromatic rings. The molecule has 0 heterocycles. The van der Waals surface area contributed by atoms with E-state index in [9.17, 15) is 0 Å². The van der Waals surface area contributed by atoms with Crippen LogP contribution in [0.15, 0.2) is 0 Å². The summed E-state index contributed by atoms with van der Waals surface area (Å²) in [6.07, 6.45) is 5.62. The average Bonchev–Trinajstić information content (AvgIpc) is 1.89. The number of hydrogen-bond donors (Lipinski definition) is 1. The highest BCUT2D eigenvalue weighted by Crippen LogP contribution is 2.23. The molecule has 3 unspecified atom stereocenters. The van der Waals surface area contributed by atoms with Gasteiger partial charge in [0, 0.05) is 6.04 Å². The standard InChI is InChI=1S/C7H16NP/c1-6-4-2-3-5-7(6)8-9/h6-8H,2-5,9H2,1H3. The molecule has 0 spiro atoms. The third-order valence-electron chi connectivity index (χ3n) is 2.33. The lowest BCUT2D eigenvalue weighted by Crippen LogP contribution is -2.30. The van der Waals surface area contributed by atoms with Crippen LogP contribution >= 0.6 is 9.39 Å². The Labute approximate surface area is 59.9 Å². The summed E-state index contributed by atoms with van der Waals surface area (Å²) in [6.45, 7) is 2.33. The van der Waals surface area contributed by atoms with Crippen molar-refractivity contribution in [2.24, 2.45) is 5.92 Å². The molecule has 1 N–H and O–H groups in total. The summed E-state index contributed by atoms with van der Waals surface area (Å²) in [5, 5.41) is 3.27. The van der Waals surface area contributed by atoms with Crippen molar-refractivity contribution in [2.45, 2.75) is 38.6 Å². The molecule has 54 valence electrons. The Balaban J connectivity index is 2.30. The first kappa shape index (κ1) is 7.50. The van der Waals surface area contributed by atoms with Crippen LogP contribution in [0, 0.1) is 5.92 Å². The van der Waals surface area contributed by atoms with Crippen LogP contribution in [0.2, 0.25) is 0 Å². The summed E-state index contributed by atoms with van der Waals surface area (Å²) in [5.41, 5.74) is 0. The SMILES string of the molecule is CC1CCCCC1NP. The van der Waals surface area contributed by atoms with Crippen molar-refractivity contribution in [1.82, 2.24) is 5.09 Å². The highest BCUT2D eigenvalue weighted by molar-refractivity contribution is 7.13. The van der Waals surface area contributed by atoms with Crippen molar-refractivity contribution in [1.29, 1.82) is 0 Å². The molecule has 1 aliphatic rings. The zero-order valence-corrected chi connectivity index (χ0v) is 7.22. The topological polar surface area (TPSA) is 12.0 Å². The Morgan fingerprint density at radius 2 is 2.00 bits per heavy atom. The monoisotopic (exact) mass is 145 g/mol. The fourth-order valence-electron chi connectivity index (χ4n) is 1.56. The van der Waals surface area contributed by atoms with Crippen molar-refractivity contribution >= 4 is 9.39 Å². The molecular weight excluding hydrogens is 129 g/mol. The Bertz CT molecular complexity index is 85.0. The van der Waals surface area contributed by atoms with Gasteiger partial charge in [-0.3, -0.25) is 5.09 Å². The fourth-order valence-corrected chi connectivity index (χ4v) is 2.06. The van der Waals surface area contributed by atoms with Gasteiger partial charge in [0.15, 0.2) is 0 Å². The molecule has 0 bridgehead atoms. The van der Waals surface area contributed by atoms with Gasteiger partial charge in [-0.2, -0.15) is 0 Å². The van der Waals surface area contributed by atoms with E-state index in [2.05, 4.69) is 21.4 Å². The highest BCUT2D eigenvalue weighted by Gasteiger charge is 2.18. The van der Waals surface area contributed by atoms with Crippen LogP contribution in [-0.4, -0.2) is 6.04 Å². The fraction of sp³-hybridized carbons (Fsp3) is 1.00. The second-order valence-electron chi connectivity index (χ2n) is 3.03. The molecule has 0 aromatic carbocycles. The molecule has 1 aliphatic carbocycles. The van der Waals surface area contributed by atoms with Crippen molar-refractivity contribution in [3.8, 4) is 0 Å². The van der Waals surface area contributed by atoms with Crippen LogP contribution in [0.4, 0.5) is 0 Å². The van der Waals surface area contributed by atoms with E-state index in [4.69, 9.17) is 0 Å². The normalized spacial score (nSPS) is 36.7. The van der Waals surface area contributed by atoms with Crippen LogP contribution in [0.5, 0.6) is 0 Å². The Morgan fingerprint density at radius 3 is 2.44 bits per heavy atom. The summed E-state index contributed by atoms with van der Waals surface area (Å²) < 4.78 is 0. The molecule has 9 heavy (non-hydrogen) atoms. The van der Waals surface area contributed by atoms with Crippen LogP contribution in [0.25, 0.3) is 0 Å². The smallest absolute Gasteiger partial charge is 0.0124 e. The lowest BCUT2D eigenvalue weighted by atomic mass is 9.87. The van der Waals surface area contributed by atoms with Gasteiger partial charge in [-0.1, -0.05) is 29.2 Å². The molecule has 0 aliphatic heterocycles. The third-order valence-corrected chi connectivity index (χ3v) is 2.75. The third kappa shape index (κ3) is 1.91. The van der Waals surface area contributed by atoms with Gasteiger partial charge >= 0.3 is 0 Å². The van der Waals surface area contributed by atoms with Gasteiger partial charge in [0.2, 0.25) is 0 Å². The summed E-state index contributed by atoms with van der Waals surface area (Å²) in [6, 6.07) is 0.767. The van der Waals surface area contributed by atoms with Gasteiger partial charge in [-0.25, -0.2) is 0 Å². The molecule has 1 fully saturated rings. The minimum absolute atomic E-state index is 0.767. The van der Waals surface area contributed by atoms with E-state index >= 15 is 0 Å². The van der Waals surface area contributed by atoms with E-state index in [-0.39, 0.29) is 0 Å². The van der Waals surface area contributed by atoms with Gasteiger partial charge in [-0.05, 0) is 18.8 Å². The van der Waals surface area contributed by atoms with Crippen molar-refractivity contribution in [3.63, 3.8) is 0 Å². The molecule has 0 amide bonds. The molecule has 1 saturated carbocycles. The lowest BCUT2D eigenvalue weighted by Gasteiger charge is -2.27. The van der Waals surface area contributed by atoms with Crippen molar-refractivity contribution < 1.29 is 0 Å². The average molecular weight is 145 g/mol. The summed E-state index contributed by atoms with van der Waals surface area (Å²) >= 11 is 0. The number of rotatable bonds is 1. The Kier molecular flexibility index (Phi) is 2.94. The first-order valence-electron chi connectivity index (χ1n) is 3.80. The van der Waals surface area contributed by atoms with Gasteiger partial charge in [-0.15, -0.1) is 0 Å². The maximum atomic E-state index is 3.27. The van der Waals surface area contributed by atoms with Crippen LogP contribution in [0.3, 0.4) is 0 Å². The molecule has 3 atom stereocenters. The van der Waals surface area contributed by atoms with E-state index in [0.29, 0.717) is 0 Å².